The Morgan fingerprint density at radius 1 is 1.45 bits per heavy atom. The smallest absolute Gasteiger partial charge is 0.223 e. The number of likely N-dealkylation sites (tertiary alicyclic amines) is 1. The van der Waals surface area contributed by atoms with Crippen LogP contribution in [0.2, 0.25) is 0 Å². The molecule has 0 aromatic heterocycles. The second kappa shape index (κ2) is 6.89. The topological polar surface area (TPSA) is 40.5 Å². The SMILES string of the molecule is Cc1ccccc1C(C)CC(=O)N1CCCC(CO)C1. The molecule has 2 atom stereocenters. The van der Waals surface area contributed by atoms with Gasteiger partial charge >= 0.3 is 0 Å². The highest BCUT2D eigenvalue weighted by molar-refractivity contribution is 5.77. The van der Waals surface area contributed by atoms with Crippen LogP contribution in [0.5, 0.6) is 0 Å². The Kier molecular flexibility index (Phi) is 5.18. The zero-order valence-corrected chi connectivity index (χ0v) is 12.5. The molecule has 2 unspecified atom stereocenters. The van der Waals surface area contributed by atoms with E-state index in [0.717, 1.165) is 25.9 Å². The third-order valence-corrected chi connectivity index (χ3v) is 4.33. The molecule has 1 aromatic rings. The van der Waals surface area contributed by atoms with E-state index in [4.69, 9.17) is 0 Å². The number of nitrogens with zero attached hydrogens (tertiary/aromatic N) is 1. The molecular formula is C17H25NO2. The van der Waals surface area contributed by atoms with E-state index in [0.29, 0.717) is 6.42 Å². The molecule has 0 spiro atoms. The van der Waals surface area contributed by atoms with Crippen LogP contribution in [-0.4, -0.2) is 35.6 Å². The van der Waals surface area contributed by atoms with E-state index in [-0.39, 0.29) is 24.3 Å². The van der Waals surface area contributed by atoms with Crippen molar-refractivity contribution in [2.45, 2.75) is 39.0 Å². The number of aryl methyl sites for hydroxylation is 1. The van der Waals surface area contributed by atoms with Crippen LogP contribution >= 0.6 is 0 Å². The first-order chi connectivity index (χ1) is 9.61. The fourth-order valence-corrected chi connectivity index (χ4v) is 3.08. The summed E-state index contributed by atoms with van der Waals surface area (Å²) in [6, 6.07) is 8.27. The van der Waals surface area contributed by atoms with E-state index < -0.39 is 0 Å². The highest BCUT2D eigenvalue weighted by Crippen LogP contribution is 2.24. The Hall–Kier alpha value is -1.35. The van der Waals surface area contributed by atoms with E-state index in [9.17, 15) is 9.90 Å². The molecule has 0 saturated carbocycles. The fraction of sp³-hybridized carbons (Fsp3) is 0.588. The summed E-state index contributed by atoms with van der Waals surface area (Å²) in [4.78, 5) is 14.3. The van der Waals surface area contributed by atoms with Gasteiger partial charge in [0.25, 0.3) is 0 Å². The van der Waals surface area contributed by atoms with Crippen LogP contribution in [0, 0.1) is 12.8 Å². The molecule has 1 saturated heterocycles. The summed E-state index contributed by atoms with van der Waals surface area (Å²) in [6.45, 7) is 5.97. The third-order valence-electron chi connectivity index (χ3n) is 4.33. The fourth-order valence-electron chi connectivity index (χ4n) is 3.08. The average molecular weight is 275 g/mol. The summed E-state index contributed by atoms with van der Waals surface area (Å²) in [7, 11) is 0. The summed E-state index contributed by atoms with van der Waals surface area (Å²) in [5, 5.41) is 9.25. The largest absolute Gasteiger partial charge is 0.396 e. The van der Waals surface area contributed by atoms with Gasteiger partial charge in [0.2, 0.25) is 5.91 Å². The molecule has 3 heteroatoms. The summed E-state index contributed by atoms with van der Waals surface area (Å²) >= 11 is 0. The van der Waals surface area contributed by atoms with Crippen LogP contribution in [0.3, 0.4) is 0 Å². The van der Waals surface area contributed by atoms with Gasteiger partial charge in [-0.2, -0.15) is 0 Å². The number of hydrogen-bond acceptors (Lipinski definition) is 2. The Bertz CT molecular complexity index is 458. The molecule has 1 N–H and O–H groups in total. The molecule has 0 radical (unpaired) electrons. The predicted molar refractivity (Wildman–Crippen MR) is 80.6 cm³/mol. The second-order valence-corrected chi connectivity index (χ2v) is 5.99. The van der Waals surface area contributed by atoms with Crippen molar-refractivity contribution in [1.29, 1.82) is 0 Å². The van der Waals surface area contributed by atoms with Crippen molar-refractivity contribution in [1.82, 2.24) is 4.90 Å². The molecule has 110 valence electrons. The number of benzene rings is 1. The highest BCUT2D eigenvalue weighted by atomic mass is 16.3. The van der Waals surface area contributed by atoms with Crippen LogP contribution in [0.25, 0.3) is 0 Å². The number of carbonyl (C=O) groups is 1. The number of piperidine rings is 1. The van der Waals surface area contributed by atoms with Gasteiger partial charge in [0.15, 0.2) is 0 Å². The molecule has 2 rings (SSSR count). The van der Waals surface area contributed by atoms with E-state index in [1.807, 2.05) is 17.0 Å². The van der Waals surface area contributed by atoms with Gasteiger partial charge in [-0.05, 0) is 42.7 Å². The summed E-state index contributed by atoms with van der Waals surface area (Å²) in [5.41, 5.74) is 2.51. The molecule has 0 bridgehead atoms. The third kappa shape index (κ3) is 3.60. The minimum absolute atomic E-state index is 0.192. The van der Waals surface area contributed by atoms with Gasteiger partial charge in [-0.1, -0.05) is 31.2 Å². The second-order valence-electron chi connectivity index (χ2n) is 5.99. The summed E-state index contributed by atoms with van der Waals surface area (Å²) in [5.74, 6) is 0.735. The first kappa shape index (κ1) is 15.0. The quantitative estimate of drug-likeness (QED) is 0.918. The Labute approximate surface area is 121 Å². The molecule has 20 heavy (non-hydrogen) atoms. The van der Waals surface area contributed by atoms with Crippen molar-refractivity contribution < 1.29 is 9.90 Å². The molecule has 1 aromatic carbocycles. The molecular weight excluding hydrogens is 250 g/mol. The summed E-state index contributed by atoms with van der Waals surface area (Å²) < 4.78 is 0. The molecule has 1 fully saturated rings. The van der Waals surface area contributed by atoms with Gasteiger partial charge in [0.1, 0.15) is 0 Å². The van der Waals surface area contributed by atoms with Gasteiger partial charge < -0.3 is 10.0 Å². The van der Waals surface area contributed by atoms with Crippen LogP contribution in [0.15, 0.2) is 24.3 Å². The van der Waals surface area contributed by atoms with E-state index in [2.05, 4.69) is 26.0 Å². The van der Waals surface area contributed by atoms with Crippen molar-refractivity contribution in [2.24, 2.45) is 5.92 Å². The van der Waals surface area contributed by atoms with Gasteiger partial charge in [-0.25, -0.2) is 0 Å². The molecule has 3 nitrogen and oxygen atoms in total. The Morgan fingerprint density at radius 3 is 2.90 bits per heavy atom. The predicted octanol–water partition coefficient (Wildman–Crippen LogP) is 2.72. The maximum atomic E-state index is 12.4. The molecule has 0 aliphatic carbocycles. The molecule has 1 aliphatic rings. The lowest BCUT2D eigenvalue weighted by Crippen LogP contribution is -2.41. The number of aliphatic hydroxyl groups is 1. The van der Waals surface area contributed by atoms with Crippen molar-refractivity contribution in [3.05, 3.63) is 35.4 Å². The van der Waals surface area contributed by atoms with Gasteiger partial charge in [-0.15, -0.1) is 0 Å². The average Bonchev–Trinajstić information content (AvgIpc) is 2.47. The normalized spacial score (nSPS) is 20.8. The highest BCUT2D eigenvalue weighted by Gasteiger charge is 2.24. The van der Waals surface area contributed by atoms with Crippen molar-refractivity contribution in [3.8, 4) is 0 Å². The monoisotopic (exact) mass is 275 g/mol. The molecule has 1 heterocycles. The minimum atomic E-state index is 0.192. The molecule has 1 aliphatic heterocycles. The lowest BCUT2D eigenvalue weighted by atomic mass is 9.92. The maximum absolute atomic E-state index is 12.4. The van der Waals surface area contributed by atoms with E-state index in [1.54, 1.807) is 0 Å². The van der Waals surface area contributed by atoms with E-state index >= 15 is 0 Å². The van der Waals surface area contributed by atoms with Gasteiger partial charge in [-0.3, -0.25) is 4.79 Å². The van der Waals surface area contributed by atoms with Crippen LogP contribution in [0.1, 0.15) is 43.2 Å². The van der Waals surface area contributed by atoms with Crippen LogP contribution in [0.4, 0.5) is 0 Å². The lowest BCUT2D eigenvalue weighted by Gasteiger charge is -2.32. The number of amides is 1. The molecule has 1 amide bonds. The Balaban J connectivity index is 1.95. The first-order valence-electron chi connectivity index (χ1n) is 7.56. The minimum Gasteiger partial charge on any atom is -0.396 e. The number of hydrogen-bond donors (Lipinski definition) is 1. The summed E-state index contributed by atoms with van der Waals surface area (Å²) in [6.07, 6.45) is 2.60. The number of rotatable bonds is 4. The maximum Gasteiger partial charge on any atom is 0.223 e. The van der Waals surface area contributed by atoms with Gasteiger partial charge in [0.05, 0.1) is 0 Å². The zero-order valence-electron chi connectivity index (χ0n) is 12.5. The van der Waals surface area contributed by atoms with Crippen molar-refractivity contribution in [2.75, 3.05) is 19.7 Å². The van der Waals surface area contributed by atoms with Gasteiger partial charge in [0, 0.05) is 26.1 Å². The van der Waals surface area contributed by atoms with Crippen molar-refractivity contribution >= 4 is 5.91 Å². The zero-order chi connectivity index (χ0) is 14.5. The van der Waals surface area contributed by atoms with Crippen LogP contribution < -0.4 is 0 Å². The number of aliphatic hydroxyl groups excluding tert-OH is 1. The van der Waals surface area contributed by atoms with E-state index in [1.165, 1.54) is 11.1 Å². The van der Waals surface area contributed by atoms with Crippen LogP contribution in [-0.2, 0) is 4.79 Å². The standard InChI is InChI=1S/C17H25NO2/c1-13-6-3-4-8-16(13)14(2)10-17(20)18-9-5-7-15(11-18)12-19/h3-4,6,8,14-15,19H,5,7,9-12H2,1-2H3. The Morgan fingerprint density at radius 2 is 2.20 bits per heavy atom. The number of carbonyl (C=O) groups excluding carboxylic acids is 1. The van der Waals surface area contributed by atoms with Crippen molar-refractivity contribution in [3.63, 3.8) is 0 Å². The lowest BCUT2D eigenvalue weighted by molar-refractivity contribution is -0.133. The first-order valence-corrected chi connectivity index (χ1v) is 7.56.